The van der Waals surface area contributed by atoms with E-state index in [1.165, 1.54) is 16.5 Å². The van der Waals surface area contributed by atoms with Gasteiger partial charge in [-0.05, 0) is 42.8 Å². The second kappa shape index (κ2) is 8.80. The summed E-state index contributed by atoms with van der Waals surface area (Å²) >= 11 is 0. The molecule has 0 spiro atoms. The number of fused-ring (bicyclic) bond motifs is 1. The number of H-pyrrole nitrogens is 1. The number of esters is 1. The Morgan fingerprint density at radius 2 is 1.90 bits per heavy atom. The molecule has 0 aliphatic carbocycles. The van der Waals surface area contributed by atoms with Gasteiger partial charge in [0.1, 0.15) is 12.3 Å². The predicted octanol–water partition coefficient (Wildman–Crippen LogP) is 3.91. The van der Waals surface area contributed by atoms with E-state index in [0.717, 1.165) is 36.6 Å². The third-order valence-corrected chi connectivity index (χ3v) is 4.98. The Morgan fingerprint density at radius 3 is 2.72 bits per heavy atom. The van der Waals surface area contributed by atoms with Gasteiger partial charge in [0, 0.05) is 29.1 Å². The normalized spacial score (nSPS) is 11.1. The van der Waals surface area contributed by atoms with Crippen molar-refractivity contribution in [2.24, 2.45) is 0 Å². The molecule has 2 heterocycles. The Labute approximate surface area is 169 Å². The monoisotopic (exact) mass is 389 g/mol. The minimum absolute atomic E-state index is 0.302. The number of quaternary nitrogens is 1. The van der Waals surface area contributed by atoms with Crippen molar-refractivity contribution in [3.63, 3.8) is 0 Å². The topological polar surface area (TPSA) is 71.8 Å². The maximum Gasteiger partial charge on any atom is 0.338 e. The van der Waals surface area contributed by atoms with E-state index in [9.17, 15) is 4.79 Å². The highest BCUT2D eigenvalue weighted by atomic mass is 16.5. The summed E-state index contributed by atoms with van der Waals surface area (Å²) in [4.78, 5) is 15.1. The number of ether oxygens (including phenoxy) is 1. The van der Waals surface area contributed by atoms with Crippen molar-refractivity contribution in [3.8, 4) is 11.3 Å². The minimum Gasteiger partial charge on any atom is -0.462 e. The van der Waals surface area contributed by atoms with Gasteiger partial charge < -0.3 is 19.5 Å². The third-order valence-electron chi connectivity index (χ3n) is 4.98. The van der Waals surface area contributed by atoms with E-state index in [-0.39, 0.29) is 5.97 Å². The van der Waals surface area contributed by atoms with Gasteiger partial charge in [-0.3, -0.25) is 0 Å². The highest BCUT2D eigenvalue weighted by molar-refractivity contribution is 5.90. The zero-order valence-corrected chi connectivity index (χ0v) is 16.5. The number of aromatic nitrogens is 1. The summed E-state index contributed by atoms with van der Waals surface area (Å²) in [6.45, 7) is 3.96. The van der Waals surface area contributed by atoms with Gasteiger partial charge in [-0.25, -0.2) is 4.79 Å². The Morgan fingerprint density at radius 1 is 1.07 bits per heavy atom. The quantitative estimate of drug-likeness (QED) is 0.354. The molecule has 4 aromatic rings. The number of aromatic amines is 1. The number of furan rings is 1. The first kappa shape index (κ1) is 19.0. The average molecular weight is 389 g/mol. The molecule has 0 aliphatic rings. The highest BCUT2D eigenvalue weighted by Gasteiger charge is 2.10. The number of hydrogen-bond acceptors (Lipinski definition) is 3. The molecule has 0 saturated heterocycles. The lowest BCUT2D eigenvalue weighted by atomic mass is 10.1. The number of rotatable bonds is 8. The lowest BCUT2D eigenvalue weighted by Gasteiger charge is -2.03. The molecule has 0 atom stereocenters. The van der Waals surface area contributed by atoms with Crippen LogP contribution in [0, 0.1) is 0 Å². The van der Waals surface area contributed by atoms with Crippen LogP contribution in [0.4, 0.5) is 0 Å². The van der Waals surface area contributed by atoms with Crippen LogP contribution in [-0.4, -0.2) is 24.1 Å². The largest absolute Gasteiger partial charge is 0.462 e. The predicted molar refractivity (Wildman–Crippen MR) is 113 cm³/mol. The average Bonchev–Trinajstić information content (AvgIpc) is 3.39. The van der Waals surface area contributed by atoms with Crippen LogP contribution in [0.15, 0.2) is 71.3 Å². The molecular formula is C24H25N2O3+. The van der Waals surface area contributed by atoms with E-state index in [2.05, 4.69) is 34.7 Å². The Bertz CT molecular complexity index is 1090. The summed E-state index contributed by atoms with van der Waals surface area (Å²) < 4.78 is 11.0. The van der Waals surface area contributed by atoms with Gasteiger partial charge in [0.05, 0.1) is 18.7 Å². The minimum atomic E-state index is -0.302. The molecule has 2 aromatic heterocycles. The second-order valence-electron chi connectivity index (χ2n) is 6.95. The molecule has 0 bridgehead atoms. The number of carbonyl (C=O) groups excluding carboxylic acids is 1. The van der Waals surface area contributed by atoms with Crippen molar-refractivity contribution in [1.29, 1.82) is 0 Å². The molecule has 29 heavy (non-hydrogen) atoms. The third kappa shape index (κ3) is 4.41. The lowest BCUT2D eigenvalue weighted by Crippen LogP contribution is -2.83. The molecule has 5 heteroatoms. The number of nitrogens with one attached hydrogen (secondary N) is 1. The maximum atomic E-state index is 11.7. The molecule has 0 amide bonds. The number of benzene rings is 2. The van der Waals surface area contributed by atoms with Gasteiger partial charge in [0.2, 0.25) is 0 Å². The highest BCUT2D eigenvalue weighted by Crippen LogP contribution is 2.22. The maximum absolute atomic E-state index is 11.7. The summed E-state index contributed by atoms with van der Waals surface area (Å²) in [5.41, 5.74) is 4.03. The van der Waals surface area contributed by atoms with Crippen LogP contribution >= 0.6 is 0 Å². The second-order valence-corrected chi connectivity index (χ2v) is 6.95. The number of carbonyl (C=O) groups is 1. The van der Waals surface area contributed by atoms with E-state index in [4.69, 9.17) is 9.15 Å². The summed E-state index contributed by atoms with van der Waals surface area (Å²) in [5, 5.41) is 3.56. The fourth-order valence-electron chi connectivity index (χ4n) is 3.47. The molecule has 0 aliphatic heterocycles. The van der Waals surface area contributed by atoms with Crippen LogP contribution in [0.2, 0.25) is 0 Å². The van der Waals surface area contributed by atoms with Gasteiger partial charge in [0.15, 0.2) is 5.76 Å². The van der Waals surface area contributed by atoms with Crippen molar-refractivity contribution < 1.29 is 19.3 Å². The van der Waals surface area contributed by atoms with Crippen LogP contribution in [0.5, 0.6) is 0 Å². The standard InChI is InChI=1S/C24H24N2O3/c1-2-28-24(27)18-9-7-17(8-10-18)23-12-11-20(29-23)16-25-14-13-19-15-26-22-6-4-3-5-21(19)22/h3-12,15,25-26H,2,13-14,16H2,1H3/p+1. The van der Waals surface area contributed by atoms with E-state index in [1.807, 2.05) is 30.3 Å². The summed E-state index contributed by atoms with van der Waals surface area (Å²) in [7, 11) is 0. The van der Waals surface area contributed by atoms with Crippen molar-refractivity contribution in [2.75, 3.05) is 13.2 Å². The summed E-state index contributed by atoms with van der Waals surface area (Å²) in [5.74, 6) is 1.44. The first-order valence-corrected chi connectivity index (χ1v) is 9.97. The van der Waals surface area contributed by atoms with Gasteiger partial charge in [0.25, 0.3) is 0 Å². The van der Waals surface area contributed by atoms with Gasteiger partial charge >= 0.3 is 5.97 Å². The van der Waals surface area contributed by atoms with Crippen LogP contribution in [0.3, 0.4) is 0 Å². The molecule has 2 aromatic carbocycles. The van der Waals surface area contributed by atoms with E-state index < -0.39 is 0 Å². The van der Waals surface area contributed by atoms with Gasteiger partial charge in [-0.15, -0.1) is 0 Å². The molecule has 4 rings (SSSR count). The van der Waals surface area contributed by atoms with E-state index >= 15 is 0 Å². The zero-order valence-electron chi connectivity index (χ0n) is 16.5. The SMILES string of the molecule is CCOC(=O)c1ccc(-c2ccc(C[NH2+]CCc3c[nH]c4ccccc34)o2)cc1. The first-order chi connectivity index (χ1) is 14.2. The van der Waals surface area contributed by atoms with Crippen molar-refractivity contribution >= 4 is 16.9 Å². The number of para-hydroxylation sites is 1. The van der Waals surface area contributed by atoms with Crippen molar-refractivity contribution in [3.05, 3.63) is 83.7 Å². The summed E-state index contributed by atoms with van der Waals surface area (Å²) in [6, 6.07) is 19.7. The Balaban J connectivity index is 1.31. The molecule has 0 fully saturated rings. The molecular weight excluding hydrogens is 364 g/mol. The number of nitrogens with two attached hydrogens (primary N) is 1. The van der Waals surface area contributed by atoms with Crippen molar-refractivity contribution in [1.82, 2.24) is 4.98 Å². The number of hydrogen-bond donors (Lipinski definition) is 2. The van der Waals surface area contributed by atoms with Gasteiger partial charge in [-0.1, -0.05) is 30.3 Å². The Kier molecular flexibility index (Phi) is 5.77. The fraction of sp³-hybridized carbons (Fsp3) is 0.208. The van der Waals surface area contributed by atoms with Crippen LogP contribution < -0.4 is 5.32 Å². The molecule has 3 N–H and O–H groups in total. The molecule has 148 valence electrons. The zero-order chi connectivity index (χ0) is 20.1. The fourth-order valence-corrected chi connectivity index (χ4v) is 3.47. The molecule has 5 nitrogen and oxygen atoms in total. The molecule has 0 unspecified atom stereocenters. The summed E-state index contributed by atoms with van der Waals surface area (Å²) in [6.07, 6.45) is 3.11. The lowest BCUT2D eigenvalue weighted by molar-refractivity contribution is -0.671. The first-order valence-electron chi connectivity index (χ1n) is 9.97. The molecule has 0 saturated carbocycles. The van der Waals surface area contributed by atoms with Crippen LogP contribution in [0.1, 0.15) is 28.6 Å². The van der Waals surface area contributed by atoms with E-state index in [1.54, 1.807) is 19.1 Å². The smallest absolute Gasteiger partial charge is 0.338 e. The van der Waals surface area contributed by atoms with Gasteiger partial charge in [-0.2, -0.15) is 0 Å². The Hall–Kier alpha value is -3.31. The van der Waals surface area contributed by atoms with E-state index in [0.29, 0.717) is 12.2 Å². The van der Waals surface area contributed by atoms with Crippen molar-refractivity contribution in [2.45, 2.75) is 19.9 Å². The molecule has 0 radical (unpaired) electrons. The van der Waals surface area contributed by atoms with Crippen LogP contribution in [-0.2, 0) is 17.7 Å². The van der Waals surface area contributed by atoms with Crippen LogP contribution in [0.25, 0.3) is 22.2 Å².